The molecule has 0 aromatic carbocycles. The molecule has 1 atom stereocenters. The predicted molar refractivity (Wildman–Crippen MR) is 93.8 cm³/mol. The summed E-state index contributed by atoms with van der Waals surface area (Å²) in [6.45, 7) is 5.00. The average molecular weight is 386 g/mol. The minimum atomic E-state index is -3.25. The molecule has 0 spiro atoms. The second kappa shape index (κ2) is 10.2. The molecular weight excluding hydrogens is 358 g/mol. The molecule has 10 heteroatoms. The summed E-state index contributed by atoms with van der Waals surface area (Å²) in [7, 11) is -3.25. The fourth-order valence-electron chi connectivity index (χ4n) is 2.81. The molecule has 0 aromatic rings. The Hall–Kier alpha value is -0.900. The Morgan fingerprint density at radius 2 is 2.00 bits per heavy atom. The number of sulfonamides is 1. The largest absolute Gasteiger partial charge is 0.480 e. The first kappa shape index (κ1) is 23.1. The van der Waals surface area contributed by atoms with Gasteiger partial charge in [-0.25, -0.2) is 8.42 Å². The maximum atomic E-state index is 11.9. The van der Waals surface area contributed by atoms with Gasteiger partial charge in [0, 0.05) is 19.1 Å². The third-order valence-electron chi connectivity index (χ3n) is 3.87. The molecule has 1 aliphatic heterocycles. The van der Waals surface area contributed by atoms with Gasteiger partial charge < -0.3 is 10.4 Å². The quantitative estimate of drug-likeness (QED) is 0.546. The third-order valence-corrected chi connectivity index (χ3v) is 5.33. The lowest BCUT2D eigenvalue weighted by molar-refractivity contribution is -0.142. The molecule has 0 saturated carbocycles. The van der Waals surface area contributed by atoms with Gasteiger partial charge in [0.1, 0.15) is 6.04 Å². The van der Waals surface area contributed by atoms with Crippen LogP contribution in [0, 0.1) is 0 Å². The van der Waals surface area contributed by atoms with Crippen LogP contribution in [0.1, 0.15) is 33.1 Å². The lowest BCUT2D eigenvalue weighted by Crippen LogP contribution is -2.43. The number of rotatable bonds is 9. The van der Waals surface area contributed by atoms with E-state index in [0.717, 1.165) is 6.42 Å². The van der Waals surface area contributed by atoms with Crippen molar-refractivity contribution in [2.75, 3.05) is 32.4 Å². The van der Waals surface area contributed by atoms with Gasteiger partial charge in [-0.15, -0.1) is 12.4 Å². The summed E-state index contributed by atoms with van der Waals surface area (Å²) in [5, 5.41) is 11.8. The van der Waals surface area contributed by atoms with Gasteiger partial charge in [0.2, 0.25) is 15.9 Å². The minimum Gasteiger partial charge on any atom is -0.480 e. The lowest BCUT2D eigenvalue weighted by atomic mass is 10.2. The van der Waals surface area contributed by atoms with Gasteiger partial charge in [-0.3, -0.25) is 14.5 Å². The number of carboxylic acid groups (broad SMARTS) is 1. The van der Waals surface area contributed by atoms with Crippen LogP contribution < -0.4 is 5.32 Å². The van der Waals surface area contributed by atoms with E-state index in [1.54, 1.807) is 18.7 Å². The van der Waals surface area contributed by atoms with E-state index in [1.165, 1.54) is 10.6 Å². The Bertz CT molecular complexity index is 527. The van der Waals surface area contributed by atoms with Crippen molar-refractivity contribution in [3.63, 3.8) is 0 Å². The smallest absolute Gasteiger partial charge is 0.320 e. The Labute approximate surface area is 150 Å². The lowest BCUT2D eigenvalue weighted by Gasteiger charge is -2.24. The maximum Gasteiger partial charge on any atom is 0.320 e. The predicted octanol–water partition coefficient (Wildman–Crippen LogP) is 0.134. The van der Waals surface area contributed by atoms with E-state index >= 15 is 0 Å². The van der Waals surface area contributed by atoms with Crippen LogP contribution in [0.25, 0.3) is 0 Å². The van der Waals surface area contributed by atoms with E-state index in [-0.39, 0.29) is 30.9 Å². The molecule has 0 aliphatic carbocycles. The molecule has 0 radical (unpaired) electrons. The molecule has 1 aliphatic rings. The van der Waals surface area contributed by atoms with Crippen molar-refractivity contribution in [2.24, 2.45) is 0 Å². The number of halogens is 1. The summed E-state index contributed by atoms with van der Waals surface area (Å²) >= 11 is 0. The van der Waals surface area contributed by atoms with Gasteiger partial charge >= 0.3 is 5.97 Å². The van der Waals surface area contributed by atoms with Crippen molar-refractivity contribution in [3.8, 4) is 0 Å². The Kier molecular flexibility index (Phi) is 9.79. The molecule has 0 unspecified atom stereocenters. The van der Waals surface area contributed by atoms with Crippen molar-refractivity contribution >= 4 is 34.3 Å². The van der Waals surface area contributed by atoms with Crippen molar-refractivity contribution in [3.05, 3.63) is 0 Å². The van der Waals surface area contributed by atoms with Crippen LogP contribution >= 0.6 is 12.4 Å². The van der Waals surface area contributed by atoms with Crippen LogP contribution in [0.5, 0.6) is 0 Å². The number of nitrogens with one attached hydrogen (secondary N) is 1. The van der Waals surface area contributed by atoms with Gasteiger partial charge in [0.05, 0.1) is 12.8 Å². The number of hydrogen-bond acceptors (Lipinski definition) is 5. The van der Waals surface area contributed by atoms with E-state index in [2.05, 4.69) is 5.32 Å². The summed E-state index contributed by atoms with van der Waals surface area (Å²) < 4.78 is 24.6. The normalized spacial score (nSPS) is 18.6. The number of hydrogen-bond donors (Lipinski definition) is 2. The number of aliphatic carboxylic acids is 1. The van der Waals surface area contributed by atoms with Crippen LogP contribution in [0.2, 0.25) is 0 Å². The zero-order chi connectivity index (χ0) is 17.6. The number of nitrogens with zero attached hydrogens (tertiary/aromatic N) is 2. The van der Waals surface area contributed by atoms with Crippen LogP contribution in [0.15, 0.2) is 0 Å². The first-order valence-electron chi connectivity index (χ1n) is 7.83. The SMILES string of the molecule is CC(C)N(CCCNC(=O)CN1CCC[C@H]1C(=O)O)S(C)(=O)=O.Cl. The zero-order valence-electron chi connectivity index (χ0n) is 14.4. The van der Waals surface area contributed by atoms with Crippen molar-refractivity contribution in [2.45, 2.75) is 45.2 Å². The maximum absolute atomic E-state index is 11.9. The summed E-state index contributed by atoms with van der Waals surface area (Å²) in [5.41, 5.74) is 0. The van der Waals surface area contributed by atoms with E-state index in [1.807, 2.05) is 0 Å². The van der Waals surface area contributed by atoms with Crippen LogP contribution in [-0.2, 0) is 19.6 Å². The molecule has 8 nitrogen and oxygen atoms in total. The number of carbonyl (C=O) groups is 2. The van der Waals surface area contributed by atoms with Gasteiger partial charge in [0.25, 0.3) is 0 Å². The number of carbonyl (C=O) groups excluding carboxylic acids is 1. The van der Waals surface area contributed by atoms with Gasteiger partial charge in [-0.1, -0.05) is 0 Å². The van der Waals surface area contributed by atoms with Crippen molar-refractivity contribution < 1.29 is 23.1 Å². The highest BCUT2D eigenvalue weighted by atomic mass is 35.5. The van der Waals surface area contributed by atoms with E-state index < -0.39 is 22.0 Å². The summed E-state index contributed by atoms with van der Waals surface area (Å²) in [4.78, 5) is 24.6. The molecule has 1 heterocycles. The fourth-order valence-corrected chi connectivity index (χ4v) is 4.03. The number of amides is 1. The zero-order valence-corrected chi connectivity index (χ0v) is 16.0. The standard InChI is InChI=1S/C14H27N3O5S.ClH/c1-11(2)17(23(3,21)22)9-5-7-15-13(18)10-16-8-4-6-12(16)14(19)20;/h11-12H,4-10H2,1-3H3,(H,15,18)(H,19,20);1H/t12-;/m0./s1. The van der Waals surface area contributed by atoms with Gasteiger partial charge in [-0.05, 0) is 39.7 Å². The van der Waals surface area contributed by atoms with E-state index in [4.69, 9.17) is 5.11 Å². The molecule has 0 bridgehead atoms. The Balaban J connectivity index is 0.00000529. The second-order valence-corrected chi connectivity index (χ2v) is 8.07. The first-order chi connectivity index (χ1) is 10.6. The molecule has 2 N–H and O–H groups in total. The molecular formula is C14H28ClN3O5S. The van der Waals surface area contributed by atoms with E-state index in [0.29, 0.717) is 32.5 Å². The molecule has 1 amide bonds. The van der Waals surface area contributed by atoms with Crippen LogP contribution in [-0.4, -0.2) is 79.1 Å². The molecule has 142 valence electrons. The number of likely N-dealkylation sites (tertiary alicyclic amines) is 1. The summed E-state index contributed by atoms with van der Waals surface area (Å²) in [6, 6.07) is -0.705. The monoisotopic (exact) mass is 385 g/mol. The third kappa shape index (κ3) is 7.33. The minimum absolute atomic E-state index is 0. The Morgan fingerprint density at radius 3 is 2.50 bits per heavy atom. The highest BCUT2D eigenvalue weighted by Crippen LogP contribution is 2.16. The highest BCUT2D eigenvalue weighted by Gasteiger charge is 2.31. The first-order valence-corrected chi connectivity index (χ1v) is 9.68. The molecule has 24 heavy (non-hydrogen) atoms. The summed E-state index contributed by atoms with van der Waals surface area (Å²) in [5.74, 6) is -1.12. The van der Waals surface area contributed by atoms with Gasteiger partial charge in [-0.2, -0.15) is 4.31 Å². The van der Waals surface area contributed by atoms with Crippen LogP contribution in [0.4, 0.5) is 0 Å². The highest BCUT2D eigenvalue weighted by molar-refractivity contribution is 7.88. The fraction of sp³-hybridized carbons (Fsp3) is 0.857. The van der Waals surface area contributed by atoms with E-state index in [9.17, 15) is 18.0 Å². The van der Waals surface area contributed by atoms with Crippen molar-refractivity contribution in [1.29, 1.82) is 0 Å². The second-order valence-electron chi connectivity index (χ2n) is 6.14. The molecule has 1 fully saturated rings. The molecule has 0 aromatic heterocycles. The van der Waals surface area contributed by atoms with Gasteiger partial charge in [0.15, 0.2) is 0 Å². The van der Waals surface area contributed by atoms with Crippen molar-refractivity contribution in [1.82, 2.24) is 14.5 Å². The van der Waals surface area contributed by atoms with Crippen LogP contribution in [0.3, 0.4) is 0 Å². The average Bonchev–Trinajstić information content (AvgIpc) is 2.84. The molecule has 1 rings (SSSR count). The Morgan fingerprint density at radius 1 is 1.38 bits per heavy atom. The molecule has 1 saturated heterocycles. The number of carboxylic acids is 1. The summed E-state index contributed by atoms with van der Waals surface area (Å²) in [6.07, 6.45) is 3.03. The topological polar surface area (TPSA) is 107 Å².